The molecular formula is C18H30N2O2S. The Morgan fingerprint density at radius 2 is 2.00 bits per heavy atom. The van der Waals surface area contributed by atoms with E-state index in [2.05, 4.69) is 23.7 Å². The van der Waals surface area contributed by atoms with Crippen LogP contribution in [-0.4, -0.2) is 41.7 Å². The molecule has 1 aromatic carbocycles. The van der Waals surface area contributed by atoms with Crippen molar-refractivity contribution in [3.05, 3.63) is 29.8 Å². The predicted molar refractivity (Wildman–Crippen MR) is 100 cm³/mol. The fourth-order valence-electron chi connectivity index (χ4n) is 2.11. The van der Waals surface area contributed by atoms with Gasteiger partial charge in [0.2, 0.25) is 0 Å². The number of carbonyl (C=O) groups is 1. The molecule has 0 radical (unpaired) electrons. The van der Waals surface area contributed by atoms with Gasteiger partial charge in [-0.2, -0.15) is 11.8 Å². The van der Waals surface area contributed by atoms with Gasteiger partial charge in [0, 0.05) is 18.8 Å². The average molecular weight is 339 g/mol. The Morgan fingerprint density at radius 1 is 1.30 bits per heavy atom. The molecule has 0 heterocycles. The second-order valence-electron chi connectivity index (χ2n) is 6.42. The molecule has 0 spiro atoms. The lowest BCUT2D eigenvalue weighted by Gasteiger charge is -2.27. The van der Waals surface area contributed by atoms with Crippen molar-refractivity contribution >= 4 is 23.5 Å². The van der Waals surface area contributed by atoms with Crippen LogP contribution in [0, 0.1) is 0 Å². The van der Waals surface area contributed by atoms with Gasteiger partial charge in [0.05, 0.1) is 6.54 Å². The number of ether oxygens (including phenoxy) is 1. The molecule has 0 aliphatic rings. The monoisotopic (exact) mass is 338 g/mol. The largest absolute Gasteiger partial charge is 0.444 e. The quantitative estimate of drug-likeness (QED) is 0.703. The van der Waals surface area contributed by atoms with E-state index < -0.39 is 5.60 Å². The summed E-state index contributed by atoms with van der Waals surface area (Å²) in [7, 11) is 0. The smallest absolute Gasteiger partial charge is 0.410 e. The molecular weight excluding hydrogens is 308 g/mol. The Labute approximate surface area is 145 Å². The summed E-state index contributed by atoms with van der Waals surface area (Å²) < 4.78 is 5.48. The highest BCUT2D eigenvalue weighted by atomic mass is 32.2. The predicted octanol–water partition coefficient (Wildman–Crippen LogP) is 4.61. The maximum atomic E-state index is 12.3. The minimum atomic E-state index is -0.472. The number of para-hydroxylation sites is 1. The molecule has 0 unspecified atom stereocenters. The summed E-state index contributed by atoms with van der Waals surface area (Å²) in [6.07, 6.45) is 2.98. The van der Waals surface area contributed by atoms with Crippen molar-refractivity contribution < 1.29 is 9.53 Å². The second-order valence-corrected chi connectivity index (χ2v) is 7.41. The lowest BCUT2D eigenvalue weighted by Crippen LogP contribution is -2.36. The molecule has 23 heavy (non-hydrogen) atoms. The van der Waals surface area contributed by atoms with Gasteiger partial charge in [-0.05, 0) is 57.8 Å². The summed E-state index contributed by atoms with van der Waals surface area (Å²) >= 11 is 1.85. The average Bonchev–Trinajstić information content (AvgIpc) is 2.48. The third-order valence-corrected chi connectivity index (χ3v) is 3.95. The molecule has 1 rings (SSSR count). The number of benzene rings is 1. The Balaban J connectivity index is 2.71. The van der Waals surface area contributed by atoms with E-state index in [1.165, 1.54) is 0 Å². The van der Waals surface area contributed by atoms with E-state index in [-0.39, 0.29) is 6.09 Å². The van der Waals surface area contributed by atoms with Gasteiger partial charge in [-0.25, -0.2) is 4.79 Å². The summed E-state index contributed by atoms with van der Waals surface area (Å²) in [6.45, 7) is 9.75. The number of rotatable bonds is 8. The first-order valence-corrected chi connectivity index (χ1v) is 9.55. The van der Waals surface area contributed by atoms with Crippen molar-refractivity contribution in [3.8, 4) is 0 Å². The summed E-state index contributed by atoms with van der Waals surface area (Å²) in [4.78, 5) is 14.0. The van der Waals surface area contributed by atoms with Crippen molar-refractivity contribution in [3.63, 3.8) is 0 Å². The number of nitrogens with zero attached hydrogens (tertiary/aromatic N) is 1. The minimum Gasteiger partial charge on any atom is -0.444 e. The topological polar surface area (TPSA) is 41.6 Å². The van der Waals surface area contributed by atoms with Crippen LogP contribution >= 0.6 is 11.8 Å². The zero-order chi connectivity index (χ0) is 17.3. The summed E-state index contributed by atoms with van der Waals surface area (Å²) in [6, 6.07) is 8.15. The molecule has 0 bridgehead atoms. The normalized spacial score (nSPS) is 11.2. The molecule has 1 aromatic rings. The lowest BCUT2D eigenvalue weighted by molar-refractivity contribution is 0.0245. The number of amides is 1. The van der Waals surface area contributed by atoms with E-state index in [1.807, 2.05) is 51.6 Å². The van der Waals surface area contributed by atoms with E-state index in [4.69, 9.17) is 4.74 Å². The third kappa shape index (κ3) is 7.64. The molecule has 0 aliphatic carbocycles. The van der Waals surface area contributed by atoms with Gasteiger partial charge in [0.1, 0.15) is 5.60 Å². The number of hydrogen-bond acceptors (Lipinski definition) is 4. The molecule has 0 atom stereocenters. The number of thioether (sulfide) groups is 1. The molecule has 1 amide bonds. The Bertz CT molecular complexity index is 486. The minimum absolute atomic E-state index is 0.266. The van der Waals surface area contributed by atoms with Gasteiger partial charge in [0.15, 0.2) is 0 Å². The van der Waals surface area contributed by atoms with E-state index >= 15 is 0 Å². The fraction of sp³-hybridized carbons (Fsp3) is 0.611. The molecule has 0 saturated heterocycles. The van der Waals surface area contributed by atoms with E-state index in [9.17, 15) is 4.79 Å². The van der Waals surface area contributed by atoms with E-state index in [0.29, 0.717) is 13.1 Å². The molecule has 0 aromatic heterocycles. The van der Waals surface area contributed by atoms with Crippen LogP contribution in [0.1, 0.15) is 39.7 Å². The molecule has 5 heteroatoms. The summed E-state index contributed by atoms with van der Waals surface area (Å²) in [5.74, 6) is 1.15. The van der Waals surface area contributed by atoms with Gasteiger partial charge in [-0.1, -0.05) is 18.2 Å². The molecule has 4 nitrogen and oxygen atoms in total. The van der Waals surface area contributed by atoms with Gasteiger partial charge >= 0.3 is 6.09 Å². The van der Waals surface area contributed by atoms with Crippen LogP contribution < -0.4 is 5.32 Å². The maximum absolute atomic E-state index is 12.3. The first kappa shape index (κ1) is 19.7. The zero-order valence-corrected chi connectivity index (χ0v) is 15.8. The van der Waals surface area contributed by atoms with Gasteiger partial charge in [0.25, 0.3) is 0 Å². The molecule has 0 aliphatic heterocycles. The first-order chi connectivity index (χ1) is 10.9. The molecule has 1 N–H and O–H groups in total. The van der Waals surface area contributed by atoms with Crippen LogP contribution in [0.15, 0.2) is 24.3 Å². The Morgan fingerprint density at radius 3 is 2.61 bits per heavy atom. The lowest BCUT2D eigenvalue weighted by atomic mass is 10.1. The van der Waals surface area contributed by atoms with Crippen LogP contribution in [0.4, 0.5) is 10.5 Å². The number of nitrogens with one attached hydrogen (secondary N) is 1. The van der Waals surface area contributed by atoms with Gasteiger partial charge in [-0.3, -0.25) is 0 Å². The van der Waals surface area contributed by atoms with Gasteiger partial charge < -0.3 is 15.0 Å². The standard InChI is InChI=1S/C18H30N2O2S/c1-6-20(17(21)22-18(2,3)4)14-15-10-7-8-11-16(15)19-12-9-13-23-5/h7-8,10-11,19H,6,9,12-14H2,1-5H3. The molecule has 130 valence electrons. The van der Waals surface area contributed by atoms with Crippen LogP contribution in [-0.2, 0) is 11.3 Å². The van der Waals surface area contributed by atoms with Crippen LogP contribution in [0.25, 0.3) is 0 Å². The van der Waals surface area contributed by atoms with Gasteiger partial charge in [-0.15, -0.1) is 0 Å². The number of anilines is 1. The van der Waals surface area contributed by atoms with Crippen LogP contribution in [0.3, 0.4) is 0 Å². The highest BCUT2D eigenvalue weighted by molar-refractivity contribution is 7.98. The van der Waals surface area contributed by atoms with E-state index in [0.717, 1.165) is 30.0 Å². The number of hydrogen-bond donors (Lipinski definition) is 1. The summed E-state index contributed by atoms with van der Waals surface area (Å²) in [5.41, 5.74) is 1.74. The summed E-state index contributed by atoms with van der Waals surface area (Å²) in [5, 5.41) is 3.47. The van der Waals surface area contributed by atoms with Crippen LogP contribution in [0.2, 0.25) is 0 Å². The second kappa shape index (κ2) is 9.71. The zero-order valence-electron chi connectivity index (χ0n) is 15.0. The number of carbonyl (C=O) groups excluding carboxylic acids is 1. The molecule has 0 fully saturated rings. The van der Waals surface area contributed by atoms with E-state index in [1.54, 1.807) is 4.90 Å². The Kier molecular flexibility index (Phi) is 8.31. The van der Waals surface area contributed by atoms with Crippen LogP contribution in [0.5, 0.6) is 0 Å². The Hall–Kier alpha value is -1.36. The van der Waals surface area contributed by atoms with Crippen molar-refractivity contribution in [2.45, 2.75) is 46.3 Å². The highest BCUT2D eigenvalue weighted by Gasteiger charge is 2.21. The van der Waals surface area contributed by atoms with Crippen molar-refractivity contribution in [1.29, 1.82) is 0 Å². The molecule has 0 saturated carbocycles. The highest BCUT2D eigenvalue weighted by Crippen LogP contribution is 2.19. The SMILES string of the molecule is CCN(Cc1ccccc1NCCCSC)C(=O)OC(C)(C)C. The first-order valence-electron chi connectivity index (χ1n) is 8.16. The van der Waals surface area contributed by atoms with Crippen molar-refractivity contribution in [1.82, 2.24) is 4.90 Å². The van der Waals surface area contributed by atoms with Crippen molar-refractivity contribution in [2.24, 2.45) is 0 Å². The third-order valence-electron chi connectivity index (χ3n) is 3.25. The maximum Gasteiger partial charge on any atom is 0.410 e. The van der Waals surface area contributed by atoms with Crippen molar-refractivity contribution in [2.75, 3.05) is 30.4 Å². The fourth-order valence-corrected chi connectivity index (χ4v) is 2.54.